The van der Waals surface area contributed by atoms with Crippen molar-refractivity contribution in [3.63, 3.8) is 0 Å². The van der Waals surface area contributed by atoms with E-state index in [2.05, 4.69) is 48.2 Å². The zero-order valence-electron chi connectivity index (χ0n) is 18.0. The highest BCUT2D eigenvalue weighted by Gasteiger charge is 2.20. The Balaban J connectivity index is 1.80. The normalized spacial score (nSPS) is 13.0. The van der Waals surface area contributed by atoms with Crippen molar-refractivity contribution in [1.82, 2.24) is 14.6 Å². The number of aromatic nitrogens is 3. The molecule has 0 saturated heterocycles. The highest BCUT2D eigenvalue weighted by atomic mass is 16.5. The van der Waals surface area contributed by atoms with Crippen LogP contribution in [0.3, 0.4) is 0 Å². The first-order chi connectivity index (χ1) is 14.2. The SMILES string of the molecule is CCCN(CCC)c1c(C)c(Nc2cc3c(cc2OC)CCC3)nc2ccnn12. The average Bonchev–Trinajstić information content (AvgIpc) is 3.36. The highest BCUT2D eigenvalue weighted by Crippen LogP contribution is 2.36. The molecule has 3 aromatic rings. The van der Waals surface area contributed by atoms with Crippen molar-refractivity contribution in [2.45, 2.75) is 52.9 Å². The van der Waals surface area contributed by atoms with E-state index in [1.165, 1.54) is 17.5 Å². The summed E-state index contributed by atoms with van der Waals surface area (Å²) in [6.45, 7) is 8.55. The number of rotatable bonds is 8. The number of fused-ring (bicyclic) bond motifs is 2. The van der Waals surface area contributed by atoms with E-state index in [1.54, 1.807) is 7.11 Å². The Morgan fingerprint density at radius 3 is 2.55 bits per heavy atom. The maximum Gasteiger partial charge on any atom is 0.159 e. The topological polar surface area (TPSA) is 54.7 Å². The summed E-state index contributed by atoms with van der Waals surface area (Å²) < 4.78 is 7.66. The van der Waals surface area contributed by atoms with Crippen LogP contribution in [0.5, 0.6) is 5.75 Å². The molecule has 0 spiro atoms. The molecule has 1 aliphatic rings. The Bertz CT molecular complexity index is 1000. The van der Waals surface area contributed by atoms with E-state index in [1.807, 2.05) is 16.8 Å². The fourth-order valence-electron chi connectivity index (χ4n) is 4.36. The lowest BCUT2D eigenvalue weighted by atomic mass is 10.1. The van der Waals surface area contributed by atoms with Crippen LogP contribution in [0.15, 0.2) is 24.4 Å². The Hall–Kier alpha value is -2.76. The molecule has 29 heavy (non-hydrogen) atoms. The smallest absolute Gasteiger partial charge is 0.159 e. The molecular weight excluding hydrogens is 362 g/mol. The van der Waals surface area contributed by atoms with Crippen LogP contribution in [0.1, 0.15) is 49.8 Å². The predicted octanol–water partition coefficient (Wildman–Crippen LogP) is 4.91. The van der Waals surface area contributed by atoms with E-state index in [-0.39, 0.29) is 0 Å². The first-order valence-electron chi connectivity index (χ1n) is 10.7. The maximum atomic E-state index is 5.69. The number of aryl methyl sites for hydroxylation is 2. The third kappa shape index (κ3) is 3.63. The van der Waals surface area contributed by atoms with Gasteiger partial charge in [0.2, 0.25) is 0 Å². The van der Waals surface area contributed by atoms with Crippen molar-refractivity contribution < 1.29 is 4.74 Å². The molecule has 0 fully saturated rings. The van der Waals surface area contributed by atoms with E-state index >= 15 is 0 Å². The summed E-state index contributed by atoms with van der Waals surface area (Å²) in [5.74, 6) is 2.86. The van der Waals surface area contributed by atoms with Gasteiger partial charge in [-0.05, 0) is 62.3 Å². The van der Waals surface area contributed by atoms with Gasteiger partial charge in [0.25, 0.3) is 0 Å². The largest absolute Gasteiger partial charge is 0.495 e. The molecule has 6 nitrogen and oxygen atoms in total. The molecule has 0 amide bonds. The van der Waals surface area contributed by atoms with Crippen LogP contribution in [0.2, 0.25) is 0 Å². The maximum absolute atomic E-state index is 5.69. The Morgan fingerprint density at radius 2 is 1.86 bits per heavy atom. The van der Waals surface area contributed by atoms with Gasteiger partial charge in [0.1, 0.15) is 17.4 Å². The third-order valence-corrected chi connectivity index (χ3v) is 5.69. The Morgan fingerprint density at radius 1 is 1.14 bits per heavy atom. The molecule has 2 aromatic heterocycles. The van der Waals surface area contributed by atoms with Crippen LogP contribution in [-0.4, -0.2) is 34.8 Å². The van der Waals surface area contributed by atoms with Gasteiger partial charge in [0.15, 0.2) is 5.65 Å². The van der Waals surface area contributed by atoms with Gasteiger partial charge in [-0.15, -0.1) is 0 Å². The van der Waals surface area contributed by atoms with Gasteiger partial charge in [-0.25, -0.2) is 4.98 Å². The molecule has 6 heteroatoms. The molecule has 0 bridgehead atoms. The molecule has 0 radical (unpaired) electrons. The van der Waals surface area contributed by atoms with E-state index in [9.17, 15) is 0 Å². The lowest BCUT2D eigenvalue weighted by Gasteiger charge is -2.27. The van der Waals surface area contributed by atoms with Crippen molar-refractivity contribution in [2.24, 2.45) is 0 Å². The first kappa shape index (κ1) is 19.6. The number of nitrogens with zero attached hydrogens (tertiary/aromatic N) is 4. The molecule has 0 saturated carbocycles. The van der Waals surface area contributed by atoms with Crippen molar-refractivity contribution in [1.29, 1.82) is 0 Å². The van der Waals surface area contributed by atoms with Crippen molar-refractivity contribution in [2.75, 3.05) is 30.4 Å². The molecule has 0 unspecified atom stereocenters. The second-order valence-electron chi connectivity index (χ2n) is 7.80. The lowest BCUT2D eigenvalue weighted by molar-refractivity contribution is 0.416. The van der Waals surface area contributed by atoms with Gasteiger partial charge in [0.05, 0.1) is 19.0 Å². The average molecular weight is 394 g/mol. The van der Waals surface area contributed by atoms with Gasteiger partial charge >= 0.3 is 0 Å². The molecular formula is C23H31N5O. The molecule has 0 aliphatic heterocycles. The third-order valence-electron chi connectivity index (χ3n) is 5.69. The molecule has 154 valence electrons. The van der Waals surface area contributed by atoms with Crippen molar-refractivity contribution >= 4 is 23.0 Å². The monoisotopic (exact) mass is 393 g/mol. The summed E-state index contributed by atoms with van der Waals surface area (Å²) in [5.41, 5.74) is 5.75. The Kier molecular flexibility index (Phi) is 5.60. The number of benzene rings is 1. The molecule has 2 heterocycles. The van der Waals surface area contributed by atoms with E-state index in [0.717, 1.165) is 73.1 Å². The first-order valence-corrected chi connectivity index (χ1v) is 10.7. The van der Waals surface area contributed by atoms with Crippen molar-refractivity contribution in [3.05, 3.63) is 41.1 Å². The lowest BCUT2D eigenvalue weighted by Crippen LogP contribution is -2.28. The predicted molar refractivity (Wildman–Crippen MR) is 119 cm³/mol. The van der Waals surface area contributed by atoms with E-state index in [0.29, 0.717) is 0 Å². The van der Waals surface area contributed by atoms with E-state index < -0.39 is 0 Å². The Labute approximate surface area is 172 Å². The highest BCUT2D eigenvalue weighted by molar-refractivity contribution is 5.73. The number of anilines is 3. The fraction of sp³-hybridized carbons (Fsp3) is 0.478. The summed E-state index contributed by atoms with van der Waals surface area (Å²) in [6.07, 6.45) is 7.49. The van der Waals surface area contributed by atoms with E-state index in [4.69, 9.17) is 9.72 Å². The van der Waals surface area contributed by atoms with Crippen LogP contribution >= 0.6 is 0 Å². The number of nitrogens with one attached hydrogen (secondary N) is 1. The second kappa shape index (κ2) is 8.31. The second-order valence-corrected chi connectivity index (χ2v) is 7.80. The van der Waals surface area contributed by atoms with Gasteiger partial charge < -0.3 is 15.0 Å². The summed E-state index contributed by atoms with van der Waals surface area (Å²) in [4.78, 5) is 7.29. The minimum absolute atomic E-state index is 0.852. The molecule has 1 aromatic carbocycles. The number of ether oxygens (including phenoxy) is 1. The summed E-state index contributed by atoms with van der Waals surface area (Å²) in [7, 11) is 1.73. The van der Waals surface area contributed by atoms with Gasteiger partial charge in [-0.2, -0.15) is 9.61 Å². The fourth-order valence-corrected chi connectivity index (χ4v) is 4.36. The minimum atomic E-state index is 0.852. The summed E-state index contributed by atoms with van der Waals surface area (Å²) in [6, 6.07) is 6.38. The number of hydrogen-bond donors (Lipinski definition) is 1. The van der Waals surface area contributed by atoms with Crippen LogP contribution < -0.4 is 15.0 Å². The number of hydrogen-bond acceptors (Lipinski definition) is 5. The van der Waals surface area contributed by atoms with Crippen LogP contribution in [0, 0.1) is 6.92 Å². The van der Waals surface area contributed by atoms with Crippen LogP contribution in [0.4, 0.5) is 17.3 Å². The summed E-state index contributed by atoms with van der Waals surface area (Å²) >= 11 is 0. The van der Waals surface area contributed by atoms with Gasteiger partial charge in [-0.1, -0.05) is 13.8 Å². The zero-order chi connectivity index (χ0) is 20.4. The minimum Gasteiger partial charge on any atom is -0.495 e. The summed E-state index contributed by atoms with van der Waals surface area (Å²) in [5, 5.41) is 8.13. The zero-order valence-corrected chi connectivity index (χ0v) is 18.0. The standard InChI is InChI=1S/C23H31N5O/c1-5-12-27(13-6-2)23-16(3)22(26-21-10-11-24-28(21)23)25-19-14-17-8-7-9-18(17)15-20(19)29-4/h10-11,14-15H,5-9,12-13H2,1-4H3,(H,25,26). The number of methoxy groups -OCH3 is 1. The van der Waals surface area contributed by atoms with Gasteiger partial charge in [0, 0.05) is 24.7 Å². The molecule has 4 rings (SSSR count). The van der Waals surface area contributed by atoms with Crippen LogP contribution in [-0.2, 0) is 12.8 Å². The molecule has 0 atom stereocenters. The molecule has 1 aliphatic carbocycles. The van der Waals surface area contributed by atoms with Crippen molar-refractivity contribution in [3.8, 4) is 5.75 Å². The van der Waals surface area contributed by atoms with Gasteiger partial charge in [-0.3, -0.25) is 0 Å². The quantitative estimate of drug-likeness (QED) is 0.590. The van der Waals surface area contributed by atoms with Crippen LogP contribution in [0.25, 0.3) is 5.65 Å². The molecule has 1 N–H and O–H groups in total.